The summed E-state index contributed by atoms with van der Waals surface area (Å²) >= 11 is 0. The van der Waals surface area contributed by atoms with Crippen molar-refractivity contribution in [1.29, 1.82) is 0 Å². The van der Waals surface area contributed by atoms with Crippen molar-refractivity contribution in [2.24, 2.45) is 4.99 Å². The lowest BCUT2D eigenvalue weighted by molar-refractivity contribution is 0.435. The summed E-state index contributed by atoms with van der Waals surface area (Å²) < 4.78 is 14.5. The molecule has 0 amide bonds. The van der Waals surface area contributed by atoms with E-state index < -0.39 is 0 Å². The lowest BCUT2D eigenvalue weighted by Crippen LogP contribution is -1.98. The molecule has 0 saturated heterocycles. The first kappa shape index (κ1) is 14.9. The summed E-state index contributed by atoms with van der Waals surface area (Å²) in [7, 11) is 0. The summed E-state index contributed by atoms with van der Waals surface area (Å²) in [6.45, 7) is 8.71. The van der Waals surface area contributed by atoms with Gasteiger partial charge in [0.2, 0.25) is 5.88 Å². The van der Waals surface area contributed by atoms with Crippen molar-refractivity contribution in [3.05, 3.63) is 41.6 Å². The Morgan fingerprint density at radius 2 is 2.24 bits per heavy atom. The summed E-state index contributed by atoms with van der Waals surface area (Å²) in [4.78, 5) is 8.12. The Morgan fingerprint density at radius 3 is 2.81 bits per heavy atom. The van der Waals surface area contributed by atoms with Crippen molar-refractivity contribution in [3.63, 3.8) is 0 Å². The molecule has 0 atom stereocenters. The Balaban J connectivity index is 2.69. The van der Waals surface area contributed by atoms with E-state index in [-0.39, 0.29) is 17.6 Å². The first-order valence-electron chi connectivity index (χ1n) is 6.52. The molecule has 21 heavy (non-hydrogen) atoms. The minimum absolute atomic E-state index is 0.0678. The summed E-state index contributed by atoms with van der Waals surface area (Å²) in [5, 5.41) is 14.2. The van der Waals surface area contributed by atoms with Crippen molar-refractivity contribution >= 4 is 17.9 Å². The third-order valence-electron chi connectivity index (χ3n) is 2.98. The first-order chi connectivity index (χ1) is 9.93. The van der Waals surface area contributed by atoms with Gasteiger partial charge < -0.3 is 5.11 Å². The van der Waals surface area contributed by atoms with Crippen LogP contribution in [-0.2, 0) is 0 Å². The lowest BCUT2D eigenvalue weighted by atomic mass is 10.1. The van der Waals surface area contributed by atoms with Crippen LogP contribution < -0.4 is 0 Å². The van der Waals surface area contributed by atoms with Crippen LogP contribution in [0.4, 0.5) is 4.39 Å². The number of aromatic nitrogens is 3. The van der Waals surface area contributed by atoms with Gasteiger partial charge in [0.25, 0.3) is 0 Å². The zero-order valence-corrected chi connectivity index (χ0v) is 12.2. The molecule has 2 aromatic heterocycles. The van der Waals surface area contributed by atoms with Gasteiger partial charge in [0.15, 0.2) is 5.65 Å². The van der Waals surface area contributed by atoms with E-state index in [9.17, 15) is 9.50 Å². The van der Waals surface area contributed by atoms with Gasteiger partial charge in [-0.25, -0.2) is 9.37 Å². The average molecular weight is 288 g/mol. The van der Waals surface area contributed by atoms with Crippen molar-refractivity contribution < 1.29 is 9.50 Å². The van der Waals surface area contributed by atoms with Crippen LogP contribution in [0.15, 0.2) is 35.4 Å². The molecule has 2 rings (SSSR count). The average Bonchev–Trinajstić information content (AvgIpc) is 2.82. The third kappa shape index (κ3) is 2.99. The van der Waals surface area contributed by atoms with Crippen molar-refractivity contribution in [2.75, 3.05) is 0 Å². The smallest absolute Gasteiger partial charge is 0.216 e. The zero-order chi connectivity index (χ0) is 15.6. The summed E-state index contributed by atoms with van der Waals surface area (Å²) in [6, 6.07) is 1.42. The third-order valence-corrected chi connectivity index (χ3v) is 2.98. The van der Waals surface area contributed by atoms with E-state index in [1.165, 1.54) is 29.8 Å². The van der Waals surface area contributed by atoms with E-state index in [1.54, 1.807) is 6.20 Å². The van der Waals surface area contributed by atoms with Crippen molar-refractivity contribution in [3.8, 4) is 5.88 Å². The summed E-state index contributed by atoms with van der Waals surface area (Å²) in [6.07, 6.45) is 4.35. The SMILES string of the molecule is C=N/C=C(\C=C(/C)F)c1cc(O)n2ncc(C(C)C)c2n1. The standard InChI is InChI=1S/C15H17FN4O/c1-9(2)12-8-18-20-14(21)6-13(19-15(12)20)11(7-17-4)5-10(3)16/h5-9,21H,4H2,1-3H3/b10-5+,11-7+. The number of rotatable bonds is 4. The molecule has 0 unspecified atom stereocenters. The highest BCUT2D eigenvalue weighted by Crippen LogP contribution is 2.26. The van der Waals surface area contributed by atoms with Crippen LogP contribution in [0, 0.1) is 0 Å². The largest absolute Gasteiger partial charge is 0.493 e. The highest BCUT2D eigenvalue weighted by molar-refractivity contribution is 5.74. The van der Waals surface area contributed by atoms with Crippen LogP contribution in [0.25, 0.3) is 11.2 Å². The van der Waals surface area contributed by atoms with Crippen LogP contribution in [0.3, 0.4) is 0 Å². The van der Waals surface area contributed by atoms with Gasteiger partial charge in [-0.15, -0.1) is 0 Å². The van der Waals surface area contributed by atoms with Crippen molar-refractivity contribution in [1.82, 2.24) is 14.6 Å². The molecule has 2 aromatic rings. The number of halogens is 1. The minimum atomic E-state index is -0.386. The predicted molar refractivity (Wildman–Crippen MR) is 81.1 cm³/mol. The topological polar surface area (TPSA) is 62.8 Å². The fourth-order valence-electron chi connectivity index (χ4n) is 2.01. The van der Waals surface area contributed by atoms with Gasteiger partial charge in [0.1, 0.15) is 0 Å². The molecule has 1 N–H and O–H groups in total. The maximum Gasteiger partial charge on any atom is 0.216 e. The van der Waals surface area contributed by atoms with E-state index in [1.807, 2.05) is 13.8 Å². The fourth-order valence-corrected chi connectivity index (χ4v) is 2.01. The van der Waals surface area contributed by atoms with Gasteiger partial charge in [-0.2, -0.15) is 9.61 Å². The van der Waals surface area contributed by atoms with Crippen LogP contribution in [0.2, 0.25) is 0 Å². The molecular formula is C15H17FN4O. The second-order valence-electron chi connectivity index (χ2n) is 4.99. The van der Waals surface area contributed by atoms with Gasteiger partial charge in [0, 0.05) is 23.4 Å². The number of hydrogen-bond acceptors (Lipinski definition) is 4. The monoisotopic (exact) mass is 288 g/mol. The molecule has 0 saturated carbocycles. The van der Waals surface area contributed by atoms with Crippen LogP contribution in [-0.4, -0.2) is 26.4 Å². The summed E-state index contributed by atoms with van der Waals surface area (Å²) in [5.74, 6) is -0.251. The number of aliphatic imine (C=N–C) groups is 1. The predicted octanol–water partition coefficient (Wildman–Crippen LogP) is 3.47. The van der Waals surface area contributed by atoms with Gasteiger partial charge in [-0.3, -0.25) is 4.99 Å². The number of hydrogen-bond donors (Lipinski definition) is 1. The Bertz CT molecular complexity index is 739. The van der Waals surface area contributed by atoms with E-state index in [2.05, 4.69) is 21.8 Å². The molecule has 0 radical (unpaired) electrons. The highest BCUT2D eigenvalue weighted by Gasteiger charge is 2.14. The second kappa shape index (κ2) is 5.87. The maximum absolute atomic E-state index is 13.2. The Labute approximate surface area is 122 Å². The molecule has 0 aromatic carbocycles. The molecule has 0 aliphatic carbocycles. The normalized spacial score (nSPS) is 13.2. The van der Waals surface area contributed by atoms with Gasteiger partial charge in [-0.05, 0) is 25.6 Å². The van der Waals surface area contributed by atoms with Gasteiger partial charge in [-0.1, -0.05) is 13.8 Å². The zero-order valence-electron chi connectivity index (χ0n) is 12.2. The molecule has 6 heteroatoms. The highest BCUT2D eigenvalue weighted by atomic mass is 19.1. The number of nitrogens with zero attached hydrogens (tertiary/aromatic N) is 4. The number of aromatic hydroxyl groups is 1. The molecule has 0 fully saturated rings. The molecule has 110 valence electrons. The van der Waals surface area contributed by atoms with Crippen molar-refractivity contribution in [2.45, 2.75) is 26.7 Å². The Morgan fingerprint density at radius 1 is 1.52 bits per heavy atom. The van der Waals surface area contributed by atoms with E-state index in [0.29, 0.717) is 16.9 Å². The van der Waals surface area contributed by atoms with E-state index in [0.717, 1.165) is 5.56 Å². The molecule has 5 nitrogen and oxygen atoms in total. The molecule has 0 spiro atoms. The number of allylic oxidation sites excluding steroid dienone is 3. The van der Waals surface area contributed by atoms with Gasteiger partial charge >= 0.3 is 0 Å². The van der Waals surface area contributed by atoms with E-state index in [4.69, 9.17) is 0 Å². The quantitative estimate of drug-likeness (QED) is 0.692. The Hall–Kier alpha value is -2.50. The molecule has 0 bridgehead atoms. The summed E-state index contributed by atoms with van der Waals surface area (Å²) in [5.41, 5.74) is 2.28. The van der Waals surface area contributed by atoms with E-state index >= 15 is 0 Å². The molecule has 0 aliphatic rings. The second-order valence-corrected chi connectivity index (χ2v) is 4.99. The lowest BCUT2D eigenvalue weighted by Gasteiger charge is -2.07. The first-order valence-corrected chi connectivity index (χ1v) is 6.52. The van der Waals surface area contributed by atoms with Crippen LogP contribution in [0.5, 0.6) is 5.88 Å². The van der Waals surface area contributed by atoms with Crippen LogP contribution in [0.1, 0.15) is 37.9 Å². The number of fused-ring (bicyclic) bond motifs is 1. The maximum atomic E-state index is 13.2. The molecule has 2 heterocycles. The molecule has 0 aliphatic heterocycles. The molecular weight excluding hydrogens is 271 g/mol. The van der Waals surface area contributed by atoms with Gasteiger partial charge in [0.05, 0.1) is 17.7 Å². The minimum Gasteiger partial charge on any atom is -0.493 e. The fraction of sp³-hybridized carbons (Fsp3) is 0.267. The Kier molecular flexibility index (Phi) is 4.16. The van der Waals surface area contributed by atoms with Crippen LogP contribution >= 0.6 is 0 Å².